The highest BCUT2D eigenvalue weighted by Gasteiger charge is 2.44. The number of ketones is 1. The van der Waals surface area contributed by atoms with Crippen molar-refractivity contribution in [2.45, 2.75) is 45.6 Å². The van der Waals surface area contributed by atoms with Crippen molar-refractivity contribution in [1.29, 1.82) is 0 Å². The monoisotopic (exact) mass is 427 g/mol. The normalized spacial score (nSPS) is 17.5. The summed E-state index contributed by atoms with van der Waals surface area (Å²) in [6.45, 7) is 7.42. The summed E-state index contributed by atoms with van der Waals surface area (Å²) < 4.78 is 11.8. The summed E-state index contributed by atoms with van der Waals surface area (Å²) in [7, 11) is 0. The lowest BCUT2D eigenvalue weighted by molar-refractivity contribution is -0.00580. The average molecular weight is 428 g/mol. The zero-order valence-corrected chi connectivity index (χ0v) is 18.3. The number of hydrogen-bond donors (Lipinski definition) is 0. The summed E-state index contributed by atoms with van der Waals surface area (Å²) >= 11 is 6.34. The number of carbonyl (C=O) groups is 2. The number of piperidine rings is 1. The van der Waals surface area contributed by atoms with E-state index in [0.717, 1.165) is 16.9 Å². The maximum atomic E-state index is 12.9. The predicted octanol–water partition coefficient (Wildman–Crippen LogP) is 5.00. The van der Waals surface area contributed by atoms with Gasteiger partial charge in [-0.3, -0.25) is 9.59 Å². The number of nitrogens with zero attached hydrogens (tertiary/aromatic N) is 1. The van der Waals surface area contributed by atoms with Gasteiger partial charge in [0.25, 0.3) is 5.91 Å². The van der Waals surface area contributed by atoms with E-state index in [0.29, 0.717) is 60.9 Å². The molecule has 2 aromatic rings. The molecule has 1 saturated heterocycles. The molecule has 30 heavy (non-hydrogen) atoms. The van der Waals surface area contributed by atoms with Crippen molar-refractivity contribution in [3.8, 4) is 11.5 Å². The first-order valence-corrected chi connectivity index (χ1v) is 10.8. The predicted molar refractivity (Wildman–Crippen MR) is 116 cm³/mol. The van der Waals surface area contributed by atoms with E-state index in [4.69, 9.17) is 21.1 Å². The van der Waals surface area contributed by atoms with E-state index < -0.39 is 5.60 Å². The summed E-state index contributed by atoms with van der Waals surface area (Å²) in [5.74, 6) is 1.44. The van der Waals surface area contributed by atoms with Crippen LogP contribution in [0.25, 0.3) is 0 Å². The van der Waals surface area contributed by atoms with E-state index >= 15 is 0 Å². The van der Waals surface area contributed by atoms with Gasteiger partial charge in [-0.2, -0.15) is 0 Å². The molecule has 0 atom stereocenters. The number of rotatable bonds is 3. The van der Waals surface area contributed by atoms with Crippen LogP contribution >= 0.6 is 11.6 Å². The Bertz CT molecular complexity index is 991. The molecule has 0 bridgehead atoms. The third-order valence-electron chi connectivity index (χ3n) is 6.11. The number of halogens is 1. The second-order valence-corrected chi connectivity index (χ2v) is 8.52. The molecule has 2 heterocycles. The molecule has 2 aliphatic rings. The summed E-state index contributed by atoms with van der Waals surface area (Å²) in [6, 6.07) is 9.09. The van der Waals surface area contributed by atoms with Gasteiger partial charge in [0.2, 0.25) is 0 Å². The van der Waals surface area contributed by atoms with E-state index in [1.165, 1.54) is 0 Å². The molecular formula is C24H26ClNO4. The molecule has 1 amide bonds. The third-order valence-corrected chi connectivity index (χ3v) is 6.69. The topological polar surface area (TPSA) is 55.8 Å². The van der Waals surface area contributed by atoms with Crippen molar-refractivity contribution >= 4 is 23.3 Å². The molecule has 1 fully saturated rings. The fraction of sp³-hybridized carbons (Fsp3) is 0.417. The molecule has 2 aromatic carbocycles. The smallest absolute Gasteiger partial charge is 0.253 e. The maximum Gasteiger partial charge on any atom is 0.253 e. The van der Waals surface area contributed by atoms with Crippen LogP contribution in [0.4, 0.5) is 0 Å². The Balaban J connectivity index is 1.48. The minimum Gasteiger partial charge on any atom is -0.494 e. The van der Waals surface area contributed by atoms with Crippen molar-refractivity contribution in [2.24, 2.45) is 0 Å². The SMILES string of the molecule is CCOc1ccc(C(=O)N2CCC3(CC2)CC(=O)c2c(cc(C)c(Cl)c2C)O3)cc1. The number of ether oxygens (including phenoxy) is 2. The number of amides is 1. The molecular weight excluding hydrogens is 402 g/mol. The fourth-order valence-corrected chi connectivity index (χ4v) is 4.59. The van der Waals surface area contributed by atoms with Crippen LogP contribution in [0.5, 0.6) is 11.5 Å². The van der Waals surface area contributed by atoms with Crippen LogP contribution in [0.1, 0.15) is 58.0 Å². The van der Waals surface area contributed by atoms with Crippen LogP contribution in [0.2, 0.25) is 5.02 Å². The molecule has 0 radical (unpaired) electrons. The number of benzene rings is 2. The number of likely N-dealkylation sites (tertiary alicyclic amines) is 1. The average Bonchev–Trinajstić information content (AvgIpc) is 2.72. The van der Waals surface area contributed by atoms with Gasteiger partial charge < -0.3 is 14.4 Å². The summed E-state index contributed by atoms with van der Waals surface area (Å²) in [5.41, 5.74) is 2.38. The Morgan fingerprint density at radius 1 is 1.20 bits per heavy atom. The second-order valence-electron chi connectivity index (χ2n) is 8.14. The third kappa shape index (κ3) is 3.67. The Labute approximate surface area is 181 Å². The Hall–Kier alpha value is -2.53. The lowest BCUT2D eigenvalue weighted by Crippen LogP contribution is -2.52. The summed E-state index contributed by atoms with van der Waals surface area (Å²) in [6.07, 6.45) is 1.58. The molecule has 158 valence electrons. The number of fused-ring (bicyclic) bond motifs is 1. The lowest BCUT2D eigenvalue weighted by atomic mass is 9.81. The van der Waals surface area contributed by atoms with Crippen LogP contribution in [0, 0.1) is 13.8 Å². The Kier molecular flexibility index (Phi) is 5.49. The number of carbonyl (C=O) groups excluding carboxylic acids is 2. The zero-order chi connectivity index (χ0) is 21.5. The molecule has 1 spiro atoms. The van der Waals surface area contributed by atoms with Crippen LogP contribution in [0.15, 0.2) is 30.3 Å². The molecule has 2 aliphatic heterocycles. The van der Waals surface area contributed by atoms with Gasteiger partial charge in [-0.25, -0.2) is 0 Å². The second kappa shape index (κ2) is 7.95. The standard InChI is InChI=1S/C24H26ClNO4/c1-4-29-18-7-5-17(6-8-18)23(28)26-11-9-24(10-12-26)14-19(27)21-16(3)22(25)15(2)13-20(21)30-24/h5-8,13H,4,9-12,14H2,1-3H3. The van der Waals surface area contributed by atoms with E-state index in [1.54, 1.807) is 12.1 Å². The summed E-state index contributed by atoms with van der Waals surface area (Å²) in [5, 5.41) is 0.623. The Morgan fingerprint density at radius 3 is 2.50 bits per heavy atom. The van der Waals surface area contributed by atoms with E-state index in [1.807, 2.05) is 43.9 Å². The van der Waals surface area contributed by atoms with Crippen molar-refractivity contribution in [2.75, 3.05) is 19.7 Å². The number of aryl methyl sites for hydroxylation is 1. The van der Waals surface area contributed by atoms with Gasteiger partial charge in [-0.05, 0) is 62.2 Å². The van der Waals surface area contributed by atoms with Crippen molar-refractivity contribution in [3.63, 3.8) is 0 Å². The van der Waals surface area contributed by atoms with Crippen LogP contribution < -0.4 is 9.47 Å². The van der Waals surface area contributed by atoms with Gasteiger partial charge in [0.05, 0.1) is 18.6 Å². The van der Waals surface area contributed by atoms with Crippen LogP contribution in [0.3, 0.4) is 0 Å². The van der Waals surface area contributed by atoms with Crippen molar-refractivity contribution in [3.05, 3.63) is 57.6 Å². The van der Waals surface area contributed by atoms with E-state index in [-0.39, 0.29) is 11.7 Å². The fourth-order valence-electron chi connectivity index (χ4n) is 4.44. The van der Waals surface area contributed by atoms with Gasteiger partial charge in [0.15, 0.2) is 5.78 Å². The molecule has 4 rings (SSSR count). The molecule has 6 heteroatoms. The number of Topliss-reactive ketones (excluding diaryl/α,β-unsaturated/α-hetero) is 1. The Morgan fingerprint density at radius 2 is 1.87 bits per heavy atom. The van der Waals surface area contributed by atoms with Gasteiger partial charge in [-0.15, -0.1) is 0 Å². The van der Waals surface area contributed by atoms with Gasteiger partial charge in [0, 0.05) is 36.5 Å². The highest BCUT2D eigenvalue weighted by Crippen LogP contribution is 2.43. The quantitative estimate of drug-likeness (QED) is 0.692. The first kappa shape index (κ1) is 20.7. The molecule has 0 aromatic heterocycles. The molecule has 0 saturated carbocycles. The minimum atomic E-state index is -0.549. The van der Waals surface area contributed by atoms with E-state index in [9.17, 15) is 9.59 Å². The van der Waals surface area contributed by atoms with E-state index in [2.05, 4.69) is 0 Å². The van der Waals surface area contributed by atoms with Gasteiger partial charge >= 0.3 is 0 Å². The molecule has 5 nitrogen and oxygen atoms in total. The molecule has 0 aliphatic carbocycles. The zero-order valence-electron chi connectivity index (χ0n) is 17.6. The first-order chi connectivity index (χ1) is 14.3. The highest BCUT2D eigenvalue weighted by molar-refractivity contribution is 6.32. The number of hydrogen-bond acceptors (Lipinski definition) is 4. The van der Waals surface area contributed by atoms with Gasteiger partial charge in [0.1, 0.15) is 17.1 Å². The van der Waals surface area contributed by atoms with Crippen LogP contribution in [-0.4, -0.2) is 41.9 Å². The highest BCUT2D eigenvalue weighted by atomic mass is 35.5. The minimum absolute atomic E-state index is 0.00564. The maximum absolute atomic E-state index is 12.9. The molecule has 0 N–H and O–H groups in total. The lowest BCUT2D eigenvalue weighted by Gasteiger charge is -2.44. The molecule has 0 unspecified atom stereocenters. The van der Waals surface area contributed by atoms with Crippen molar-refractivity contribution < 1.29 is 19.1 Å². The largest absolute Gasteiger partial charge is 0.494 e. The van der Waals surface area contributed by atoms with Gasteiger partial charge in [-0.1, -0.05) is 11.6 Å². The van der Waals surface area contributed by atoms with Crippen LogP contribution in [-0.2, 0) is 0 Å². The first-order valence-electron chi connectivity index (χ1n) is 10.4. The van der Waals surface area contributed by atoms with Crippen molar-refractivity contribution in [1.82, 2.24) is 4.90 Å². The summed E-state index contributed by atoms with van der Waals surface area (Å²) in [4.78, 5) is 27.7.